The number of rotatable bonds is 4. The molecule has 3 rings (SSSR count). The highest BCUT2D eigenvalue weighted by Crippen LogP contribution is 2.17. The van der Waals surface area contributed by atoms with Gasteiger partial charge in [0.15, 0.2) is 0 Å². The molecule has 1 aliphatic rings. The third-order valence-electron chi connectivity index (χ3n) is 3.59. The van der Waals surface area contributed by atoms with Crippen LogP contribution in [0.15, 0.2) is 29.3 Å². The van der Waals surface area contributed by atoms with Gasteiger partial charge in [-0.25, -0.2) is 15.0 Å². The lowest BCUT2D eigenvalue weighted by atomic mass is 10.3. The number of hydrogen-bond acceptors (Lipinski definition) is 5. The van der Waals surface area contributed by atoms with Crippen LogP contribution in [0, 0.1) is 0 Å². The number of nitrogens with zero attached hydrogens (tertiary/aromatic N) is 6. The minimum atomic E-state index is -2.55. The van der Waals surface area contributed by atoms with Crippen LogP contribution in [0.5, 0.6) is 0 Å². The maximum absolute atomic E-state index is 12.8. The molecule has 0 saturated carbocycles. The van der Waals surface area contributed by atoms with Crippen molar-refractivity contribution in [2.75, 3.05) is 31.1 Å². The Morgan fingerprint density at radius 3 is 2.41 bits per heavy atom. The number of anilines is 1. The van der Waals surface area contributed by atoms with E-state index in [0.717, 1.165) is 35.2 Å². The zero-order chi connectivity index (χ0) is 15.5. The molecule has 118 valence electrons. The molecule has 0 N–H and O–H groups in total. The van der Waals surface area contributed by atoms with E-state index in [4.69, 9.17) is 0 Å². The maximum Gasteiger partial charge on any atom is 0.319 e. The largest absolute Gasteiger partial charge is 0.338 e. The van der Waals surface area contributed by atoms with Crippen LogP contribution in [0.1, 0.15) is 12.4 Å². The molecular weight excluding hydrogens is 358 g/mol. The van der Waals surface area contributed by atoms with Crippen molar-refractivity contribution in [2.24, 2.45) is 0 Å². The smallest absolute Gasteiger partial charge is 0.319 e. The van der Waals surface area contributed by atoms with Gasteiger partial charge in [-0.1, -0.05) is 0 Å². The Morgan fingerprint density at radius 2 is 1.77 bits per heavy atom. The summed E-state index contributed by atoms with van der Waals surface area (Å²) >= 11 is 3.31. The van der Waals surface area contributed by atoms with E-state index in [2.05, 4.69) is 40.7 Å². The average Bonchev–Trinajstić information content (AvgIpc) is 2.97. The van der Waals surface area contributed by atoms with Gasteiger partial charge in [-0.05, 0) is 15.9 Å². The van der Waals surface area contributed by atoms with Crippen LogP contribution in [-0.2, 0) is 6.54 Å². The molecule has 0 spiro atoms. The number of halogens is 3. The zero-order valence-corrected chi connectivity index (χ0v) is 13.3. The summed E-state index contributed by atoms with van der Waals surface area (Å²) in [4.78, 5) is 16.8. The summed E-state index contributed by atoms with van der Waals surface area (Å²) in [6.07, 6.45) is 6.15. The van der Waals surface area contributed by atoms with Crippen molar-refractivity contribution >= 4 is 21.9 Å². The number of hydrogen-bond donors (Lipinski definition) is 0. The molecule has 6 nitrogen and oxygen atoms in total. The van der Waals surface area contributed by atoms with Crippen LogP contribution in [0.25, 0.3) is 0 Å². The zero-order valence-electron chi connectivity index (χ0n) is 11.7. The Balaban J connectivity index is 1.57. The van der Waals surface area contributed by atoms with Crippen molar-refractivity contribution in [3.8, 4) is 0 Å². The summed E-state index contributed by atoms with van der Waals surface area (Å²) in [7, 11) is 0. The molecule has 0 aromatic carbocycles. The van der Waals surface area contributed by atoms with Crippen LogP contribution >= 0.6 is 15.9 Å². The third-order valence-corrected chi connectivity index (χ3v) is 4.00. The van der Waals surface area contributed by atoms with E-state index in [1.165, 1.54) is 12.4 Å². The fourth-order valence-corrected chi connectivity index (χ4v) is 2.62. The average molecular weight is 373 g/mol. The Bertz CT molecular complexity index is 609. The van der Waals surface area contributed by atoms with E-state index in [9.17, 15) is 8.78 Å². The summed E-state index contributed by atoms with van der Waals surface area (Å²) in [6, 6.07) is 0. The molecule has 3 heterocycles. The first-order valence-corrected chi connectivity index (χ1v) is 7.67. The normalized spacial score (nSPS) is 16.5. The van der Waals surface area contributed by atoms with Gasteiger partial charge in [0.1, 0.15) is 5.82 Å². The minimum absolute atomic E-state index is 0.392. The topological polar surface area (TPSA) is 50.1 Å². The number of imidazole rings is 1. The first-order valence-electron chi connectivity index (χ1n) is 6.88. The molecule has 1 aliphatic heterocycles. The fraction of sp³-hybridized carbons (Fsp3) is 0.462. The first kappa shape index (κ1) is 15.3. The van der Waals surface area contributed by atoms with Gasteiger partial charge in [0, 0.05) is 51.0 Å². The van der Waals surface area contributed by atoms with Gasteiger partial charge in [0.25, 0.3) is 0 Å². The summed E-state index contributed by atoms with van der Waals surface area (Å²) in [6.45, 7) is 0.917. The third kappa shape index (κ3) is 3.41. The molecule has 2 aromatic rings. The molecule has 9 heteroatoms. The molecule has 0 atom stereocenters. The van der Waals surface area contributed by atoms with Crippen molar-refractivity contribution < 1.29 is 8.78 Å². The molecule has 22 heavy (non-hydrogen) atoms. The summed E-state index contributed by atoms with van der Waals surface area (Å²) in [5.41, 5.74) is 0. The highest BCUT2D eigenvalue weighted by molar-refractivity contribution is 9.10. The predicted octanol–water partition coefficient (Wildman–Crippen LogP) is 2.15. The summed E-state index contributed by atoms with van der Waals surface area (Å²) < 4.78 is 27.4. The highest BCUT2D eigenvalue weighted by atomic mass is 79.9. The molecule has 1 saturated heterocycles. The second kappa shape index (κ2) is 6.66. The Hall–Kier alpha value is -1.61. The quantitative estimate of drug-likeness (QED) is 0.822. The lowest BCUT2D eigenvalue weighted by Crippen LogP contribution is -2.46. The Labute approximate surface area is 134 Å². The number of aromatic nitrogens is 4. The van der Waals surface area contributed by atoms with Crippen molar-refractivity contribution in [2.45, 2.75) is 13.1 Å². The molecule has 0 amide bonds. The van der Waals surface area contributed by atoms with Gasteiger partial charge in [-0.15, -0.1) is 0 Å². The van der Waals surface area contributed by atoms with E-state index >= 15 is 0 Å². The first-order chi connectivity index (χ1) is 10.6. The fourth-order valence-electron chi connectivity index (χ4n) is 2.42. The Kier molecular flexibility index (Phi) is 4.63. The van der Waals surface area contributed by atoms with Crippen molar-refractivity contribution in [1.82, 2.24) is 24.4 Å². The van der Waals surface area contributed by atoms with Gasteiger partial charge in [-0.2, -0.15) is 8.78 Å². The number of alkyl halides is 2. The monoisotopic (exact) mass is 372 g/mol. The molecule has 0 unspecified atom stereocenters. The van der Waals surface area contributed by atoms with Crippen LogP contribution in [0.3, 0.4) is 0 Å². The van der Waals surface area contributed by atoms with E-state index in [1.54, 1.807) is 12.4 Å². The van der Waals surface area contributed by atoms with E-state index in [0.29, 0.717) is 18.3 Å². The van der Waals surface area contributed by atoms with Gasteiger partial charge in [0.2, 0.25) is 5.95 Å². The lowest BCUT2D eigenvalue weighted by Gasteiger charge is -2.34. The maximum atomic E-state index is 12.8. The van der Waals surface area contributed by atoms with Crippen LogP contribution in [0.4, 0.5) is 14.7 Å². The highest BCUT2D eigenvalue weighted by Gasteiger charge is 2.21. The van der Waals surface area contributed by atoms with Crippen LogP contribution in [0.2, 0.25) is 0 Å². The van der Waals surface area contributed by atoms with E-state index < -0.39 is 6.55 Å². The molecule has 1 fully saturated rings. The standard InChI is InChI=1S/C13H15BrF2N6/c14-10-7-18-13(19-8-10)21-5-3-20(4-6-21)9-11-17-1-2-22(11)12(15)16/h1-2,7-8,12H,3-6,9H2. The molecule has 0 bridgehead atoms. The molecule has 0 radical (unpaired) electrons. The van der Waals surface area contributed by atoms with Crippen LogP contribution < -0.4 is 4.90 Å². The lowest BCUT2D eigenvalue weighted by molar-refractivity contribution is 0.0636. The van der Waals surface area contributed by atoms with Crippen molar-refractivity contribution in [3.05, 3.63) is 35.1 Å². The minimum Gasteiger partial charge on any atom is -0.338 e. The second-order valence-electron chi connectivity index (χ2n) is 4.99. The number of piperazine rings is 1. The van der Waals surface area contributed by atoms with E-state index in [1.807, 2.05) is 0 Å². The van der Waals surface area contributed by atoms with Gasteiger partial charge in [-0.3, -0.25) is 9.47 Å². The summed E-state index contributed by atoms with van der Waals surface area (Å²) in [5, 5.41) is 0. The summed E-state index contributed by atoms with van der Waals surface area (Å²) in [5.74, 6) is 1.08. The van der Waals surface area contributed by atoms with Crippen LogP contribution in [-0.4, -0.2) is 50.6 Å². The van der Waals surface area contributed by atoms with Gasteiger partial charge < -0.3 is 4.90 Å². The predicted molar refractivity (Wildman–Crippen MR) is 80.7 cm³/mol. The Morgan fingerprint density at radius 1 is 1.09 bits per heavy atom. The van der Waals surface area contributed by atoms with Gasteiger partial charge >= 0.3 is 6.55 Å². The van der Waals surface area contributed by atoms with E-state index in [-0.39, 0.29) is 0 Å². The second-order valence-corrected chi connectivity index (χ2v) is 5.91. The van der Waals surface area contributed by atoms with Crippen molar-refractivity contribution in [3.63, 3.8) is 0 Å². The van der Waals surface area contributed by atoms with Crippen molar-refractivity contribution in [1.29, 1.82) is 0 Å². The molecular formula is C13H15BrF2N6. The molecule has 0 aliphatic carbocycles. The molecule has 2 aromatic heterocycles. The van der Waals surface area contributed by atoms with Gasteiger partial charge in [0.05, 0.1) is 11.0 Å². The SMILES string of the molecule is FC(F)n1ccnc1CN1CCN(c2ncc(Br)cn2)CC1.